The van der Waals surface area contributed by atoms with Gasteiger partial charge in [0.1, 0.15) is 0 Å². The summed E-state index contributed by atoms with van der Waals surface area (Å²) in [6.45, 7) is 7.89. The molecule has 2 aromatic rings. The first-order valence-electron chi connectivity index (χ1n) is 11.0. The van der Waals surface area contributed by atoms with Gasteiger partial charge in [-0.2, -0.15) is 4.39 Å². The van der Waals surface area contributed by atoms with Crippen molar-refractivity contribution in [3.63, 3.8) is 0 Å². The highest BCUT2D eigenvalue weighted by Gasteiger charge is 2.53. The summed E-state index contributed by atoms with van der Waals surface area (Å²) >= 11 is 0. The van der Waals surface area contributed by atoms with E-state index in [1.807, 2.05) is 0 Å². The number of anilines is 1. The number of benzene rings is 2. The molecule has 158 valence electrons. The monoisotopic (exact) mass is 508 g/mol. The van der Waals surface area contributed by atoms with Crippen molar-refractivity contribution >= 4 is 5.69 Å². The predicted octanol–water partition coefficient (Wildman–Crippen LogP) is 2.37. The molecule has 1 fully saturated rings. The summed E-state index contributed by atoms with van der Waals surface area (Å²) in [4.78, 5) is 2.49. The van der Waals surface area contributed by atoms with Gasteiger partial charge in [0.05, 0.1) is 26.1 Å². The Morgan fingerprint density at radius 3 is 2.14 bits per heavy atom. The molecule has 29 heavy (non-hydrogen) atoms. The standard InChI is InChI=1S/C25H34FN2.HI/c1-3-28(4-2)18-10-15-25(28,26)16-17-27(23-13-6-5-7-14-23)24-19-21-11-8-9-12-22(21)20-24;/h5-9,11-14,24H,3-4,10,15-20H2,1-2H3;1H/q+1;/p-1. The van der Waals surface area contributed by atoms with Crippen molar-refractivity contribution < 1.29 is 32.9 Å². The average molecular weight is 508 g/mol. The molecule has 0 saturated carbocycles. The van der Waals surface area contributed by atoms with Crippen LogP contribution in [0.4, 0.5) is 10.1 Å². The SMILES string of the molecule is CC[N+]1(CC)CCCC1(F)CCN(c1ccccc1)C1Cc2ccccc2C1.[I-]. The summed E-state index contributed by atoms with van der Waals surface area (Å²) in [5.74, 6) is -1.08. The molecule has 0 N–H and O–H groups in total. The average Bonchev–Trinajstić information content (AvgIpc) is 3.30. The maximum Gasteiger partial charge on any atom is 0.243 e. The van der Waals surface area contributed by atoms with Crippen LogP contribution in [0.25, 0.3) is 0 Å². The Morgan fingerprint density at radius 2 is 1.55 bits per heavy atom. The van der Waals surface area contributed by atoms with Crippen LogP contribution in [0, 0.1) is 0 Å². The van der Waals surface area contributed by atoms with Gasteiger partial charge in [0.15, 0.2) is 0 Å². The zero-order valence-electron chi connectivity index (χ0n) is 17.8. The second-order valence-electron chi connectivity index (χ2n) is 8.63. The molecule has 0 amide bonds. The largest absolute Gasteiger partial charge is 1.00 e. The number of quaternary nitrogens is 1. The van der Waals surface area contributed by atoms with E-state index < -0.39 is 5.79 Å². The summed E-state index contributed by atoms with van der Waals surface area (Å²) in [6.07, 6.45) is 4.47. The summed E-state index contributed by atoms with van der Waals surface area (Å²) < 4.78 is 16.8. The number of rotatable bonds is 7. The Bertz CT molecular complexity index is 767. The lowest BCUT2D eigenvalue weighted by atomic mass is 10.0. The third-order valence-corrected chi connectivity index (χ3v) is 7.50. The highest BCUT2D eigenvalue weighted by molar-refractivity contribution is 5.49. The van der Waals surface area contributed by atoms with Crippen LogP contribution in [-0.4, -0.2) is 42.5 Å². The van der Waals surface area contributed by atoms with Gasteiger partial charge in [0, 0.05) is 31.1 Å². The first kappa shape index (κ1) is 22.5. The van der Waals surface area contributed by atoms with Crippen molar-refractivity contribution in [2.24, 2.45) is 0 Å². The maximum atomic E-state index is 16.2. The predicted molar refractivity (Wildman–Crippen MR) is 115 cm³/mol. The summed E-state index contributed by atoms with van der Waals surface area (Å²) in [7, 11) is 0. The Morgan fingerprint density at radius 1 is 0.966 bits per heavy atom. The maximum absolute atomic E-state index is 16.2. The Kier molecular flexibility index (Phi) is 7.26. The molecule has 0 aromatic heterocycles. The van der Waals surface area contributed by atoms with Crippen molar-refractivity contribution in [2.45, 2.75) is 57.8 Å². The minimum Gasteiger partial charge on any atom is -1.00 e. The van der Waals surface area contributed by atoms with E-state index in [9.17, 15) is 0 Å². The minimum absolute atomic E-state index is 0. The van der Waals surface area contributed by atoms with Crippen molar-refractivity contribution in [3.05, 3.63) is 65.7 Å². The van der Waals surface area contributed by atoms with Gasteiger partial charge in [0.25, 0.3) is 0 Å². The van der Waals surface area contributed by atoms with Gasteiger partial charge in [0.2, 0.25) is 5.79 Å². The van der Waals surface area contributed by atoms with Crippen molar-refractivity contribution in [2.75, 3.05) is 31.1 Å². The Hall–Kier alpha value is -1.14. The summed E-state index contributed by atoms with van der Waals surface area (Å²) in [5.41, 5.74) is 4.14. The van der Waals surface area contributed by atoms with E-state index in [1.54, 1.807) is 0 Å². The summed E-state index contributed by atoms with van der Waals surface area (Å²) in [5, 5.41) is 0. The lowest BCUT2D eigenvalue weighted by Gasteiger charge is -2.44. The normalized spacial score (nSPS) is 22.9. The van der Waals surface area contributed by atoms with Crippen LogP contribution >= 0.6 is 0 Å². The molecule has 0 bridgehead atoms. The minimum atomic E-state index is -1.08. The number of alkyl halides is 1. The van der Waals surface area contributed by atoms with E-state index in [0.29, 0.717) is 23.4 Å². The zero-order chi connectivity index (χ0) is 19.6. The van der Waals surface area contributed by atoms with E-state index in [-0.39, 0.29) is 24.0 Å². The number of halogens is 2. The van der Waals surface area contributed by atoms with Crippen LogP contribution in [0.2, 0.25) is 0 Å². The van der Waals surface area contributed by atoms with E-state index in [2.05, 4.69) is 73.3 Å². The molecule has 2 aromatic carbocycles. The topological polar surface area (TPSA) is 3.24 Å². The fraction of sp³-hybridized carbons (Fsp3) is 0.520. The first-order chi connectivity index (χ1) is 13.6. The Labute approximate surface area is 192 Å². The highest BCUT2D eigenvalue weighted by Crippen LogP contribution is 2.42. The van der Waals surface area contributed by atoms with Crippen LogP contribution in [0.1, 0.15) is 44.2 Å². The molecule has 1 heterocycles. The van der Waals surface area contributed by atoms with E-state index in [1.165, 1.54) is 16.8 Å². The number of hydrogen-bond donors (Lipinski definition) is 0. The smallest absolute Gasteiger partial charge is 0.243 e. The lowest BCUT2D eigenvalue weighted by molar-refractivity contribution is -0.977. The van der Waals surface area contributed by atoms with Crippen LogP contribution in [-0.2, 0) is 12.8 Å². The molecule has 1 aliphatic carbocycles. The molecule has 2 aliphatic rings. The van der Waals surface area contributed by atoms with Crippen LogP contribution in [0.15, 0.2) is 54.6 Å². The van der Waals surface area contributed by atoms with Gasteiger partial charge in [-0.1, -0.05) is 42.5 Å². The van der Waals surface area contributed by atoms with E-state index in [0.717, 1.165) is 45.4 Å². The third kappa shape index (κ3) is 4.20. The quantitative estimate of drug-likeness (QED) is 0.316. The zero-order valence-corrected chi connectivity index (χ0v) is 19.9. The first-order valence-corrected chi connectivity index (χ1v) is 11.0. The number of hydrogen-bond acceptors (Lipinski definition) is 1. The number of likely N-dealkylation sites (tertiary alicyclic amines) is 1. The molecule has 0 radical (unpaired) electrons. The summed E-state index contributed by atoms with van der Waals surface area (Å²) in [6, 6.07) is 19.8. The van der Waals surface area contributed by atoms with Gasteiger partial charge >= 0.3 is 0 Å². The second-order valence-corrected chi connectivity index (χ2v) is 8.63. The number of fused-ring (bicyclic) bond motifs is 1. The van der Waals surface area contributed by atoms with Gasteiger partial charge in [-0.05, 0) is 49.9 Å². The van der Waals surface area contributed by atoms with Crippen LogP contribution < -0.4 is 28.9 Å². The molecular weight excluding hydrogens is 474 g/mol. The molecule has 0 spiro atoms. The highest BCUT2D eigenvalue weighted by atomic mass is 127. The van der Waals surface area contributed by atoms with Crippen LogP contribution in [0.5, 0.6) is 0 Å². The van der Waals surface area contributed by atoms with E-state index in [4.69, 9.17) is 0 Å². The molecule has 1 saturated heterocycles. The van der Waals surface area contributed by atoms with Gasteiger partial charge in [-0.3, -0.25) is 4.48 Å². The Balaban J connectivity index is 0.00000240. The lowest BCUT2D eigenvalue weighted by Crippen LogP contribution is -3.00. The van der Waals surface area contributed by atoms with Crippen molar-refractivity contribution in [3.8, 4) is 0 Å². The number of nitrogens with zero attached hydrogens (tertiary/aromatic N) is 2. The van der Waals surface area contributed by atoms with E-state index >= 15 is 4.39 Å². The molecule has 1 unspecified atom stereocenters. The van der Waals surface area contributed by atoms with Crippen LogP contribution in [0.3, 0.4) is 0 Å². The molecule has 4 heteroatoms. The van der Waals surface area contributed by atoms with Gasteiger partial charge < -0.3 is 28.9 Å². The van der Waals surface area contributed by atoms with Crippen molar-refractivity contribution in [1.29, 1.82) is 0 Å². The molecule has 2 nitrogen and oxygen atoms in total. The fourth-order valence-electron chi connectivity index (χ4n) is 5.75. The third-order valence-electron chi connectivity index (χ3n) is 7.50. The van der Waals surface area contributed by atoms with Gasteiger partial charge in [-0.25, -0.2) is 0 Å². The molecule has 1 aliphatic heterocycles. The number of para-hydroxylation sites is 1. The fourth-order valence-corrected chi connectivity index (χ4v) is 5.75. The second kappa shape index (κ2) is 9.34. The molecule has 4 rings (SSSR count). The van der Waals surface area contributed by atoms with Gasteiger partial charge in [-0.15, -0.1) is 0 Å². The molecule has 1 atom stereocenters. The molecular formula is C25H34FIN2. The van der Waals surface area contributed by atoms with Crippen molar-refractivity contribution in [1.82, 2.24) is 0 Å².